The van der Waals surface area contributed by atoms with Crippen molar-refractivity contribution in [1.82, 2.24) is 5.43 Å². The zero-order valence-electron chi connectivity index (χ0n) is 15.0. The Kier molecular flexibility index (Phi) is 5.85. The van der Waals surface area contributed by atoms with Gasteiger partial charge in [-0.05, 0) is 37.3 Å². The van der Waals surface area contributed by atoms with Crippen molar-refractivity contribution in [2.45, 2.75) is 25.7 Å². The number of benzene rings is 1. The Balaban J connectivity index is 1.66. The number of aromatic hydroxyl groups is 1. The number of nitrogens with one attached hydrogen (secondary N) is 2. The molecule has 1 aromatic carbocycles. The first-order valence-corrected chi connectivity index (χ1v) is 9.38. The van der Waals surface area contributed by atoms with E-state index >= 15 is 0 Å². The maximum absolute atomic E-state index is 12.1. The molecule has 2 amide bonds. The third-order valence-corrected chi connectivity index (χ3v) is 5.52. The topological polar surface area (TPSA) is 158 Å². The lowest BCUT2D eigenvalue weighted by atomic mass is 9.96. The maximum atomic E-state index is 12.1. The average molecular weight is 413 g/mol. The second kappa shape index (κ2) is 8.49. The van der Waals surface area contributed by atoms with E-state index in [9.17, 15) is 30.1 Å². The summed E-state index contributed by atoms with van der Waals surface area (Å²) in [4.78, 5) is 35.2. The molecule has 0 fully saturated rings. The summed E-state index contributed by atoms with van der Waals surface area (Å²) in [5.41, 5.74) is 3.03. The number of fused-ring (bicyclic) bond motifs is 1. The molecule has 1 aliphatic rings. The van der Waals surface area contributed by atoms with Crippen LogP contribution < -0.4 is 10.7 Å². The van der Waals surface area contributed by atoms with Crippen LogP contribution in [-0.4, -0.2) is 28.1 Å². The van der Waals surface area contributed by atoms with Gasteiger partial charge in [-0.3, -0.25) is 19.7 Å². The molecule has 0 bridgehead atoms. The van der Waals surface area contributed by atoms with E-state index in [1.54, 1.807) is 0 Å². The monoisotopic (exact) mass is 413 g/mol. The average Bonchev–Trinajstić information content (AvgIpc) is 3.05. The van der Waals surface area contributed by atoms with E-state index in [4.69, 9.17) is 0 Å². The van der Waals surface area contributed by atoms with Crippen LogP contribution in [0.1, 0.15) is 34.4 Å². The minimum atomic E-state index is -1.08. The summed E-state index contributed by atoms with van der Waals surface area (Å²) in [6.07, 6.45) is 4.59. The number of hydrogen-bond acceptors (Lipinski definition) is 8. The van der Waals surface area contributed by atoms with E-state index in [-0.39, 0.29) is 17.0 Å². The maximum Gasteiger partial charge on any atom is 0.329 e. The van der Waals surface area contributed by atoms with E-state index < -0.39 is 16.7 Å². The fourth-order valence-corrected chi connectivity index (χ4v) is 4.14. The van der Waals surface area contributed by atoms with Gasteiger partial charge in [0.15, 0.2) is 0 Å². The van der Waals surface area contributed by atoms with Crippen molar-refractivity contribution in [2.75, 3.05) is 5.32 Å². The van der Waals surface area contributed by atoms with Crippen LogP contribution in [0.15, 0.2) is 23.3 Å². The van der Waals surface area contributed by atoms with Crippen molar-refractivity contribution >= 4 is 40.1 Å². The highest BCUT2D eigenvalue weighted by molar-refractivity contribution is 7.16. The first kappa shape index (κ1) is 20.0. The molecule has 1 heterocycles. The van der Waals surface area contributed by atoms with Crippen LogP contribution in [0.3, 0.4) is 0 Å². The summed E-state index contributed by atoms with van der Waals surface area (Å²) in [6.45, 7) is 0. The predicted octanol–water partition coefficient (Wildman–Crippen LogP) is 2.20. The van der Waals surface area contributed by atoms with Gasteiger partial charge >= 0.3 is 11.8 Å². The number of rotatable bonds is 4. The first-order chi connectivity index (χ1) is 13.9. The quantitative estimate of drug-likeness (QED) is 0.302. The second-order valence-corrected chi connectivity index (χ2v) is 7.29. The zero-order chi connectivity index (χ0) is 21.0. The van der Waals surface area contributed by atoms with Crippen LogP contribution in [0.2, 0.25) is 0 Å². The normalized spacial score (nSPS) is 12.8. The molecule has 1 aliphatic carbocycles. The molecule has 0 unspecified atom stereocenters. The van der Waals surface area contributed by atoms with Gasteiger partial charge in [-0.1, -0.05) is 0 Å². The molecule has 0 atom stereocenters. The number of hydrazone groups is 1. The van der Waals surface area contributed by atoms with Gasteiger partial charge in [0, 0.05) is 22.6 Å². The summed E-state index contributed by atoms with van der Waals surface area (Å²) in [6, 6.07) is 5.39. The Bertz CT molecular complexity index is 1070. The van der Waals surface area contributed by atoms with E-state index in [1.165, 1.54) is 11.3 Å². The number of aryl methyl sites for hydroxylation is 1. The third kappa shape index (κ3) is 4.39. The molecule has 0 aliphatic heterocycles. The number of carbonyl (C=O) groups excluding carboxylic acids is 2. The predicted molar refractivity (Wildman–Crippen MR) is 105 cm³/mol. The molecule has 0 spiro atoms. The fraction of sp³-hybridized carbons (Fsp3) is 0.222. The number of nitro benzene ring substituents is 1. The lowest BCUT2D eigenvalue weighted by Gasteiger charge is -2.09. The van der Waals surface area contributed by atoms with Crippen molar-refractivity contribution in [3.63, 3.8) is 0 Å². The number of phenolic OH excluding ortho intramolecular Hbond substituents is 1. The highest BCUT2D eigenvalue weighted by atomic mass is 32.1. The summed E-state index contributed by atoms with van der Waals surface area (Å²) in [5.74, 6) is -2.36. The van der Waals surface area contributed by atoms with Gasteiger partial charge in [-0.2, -0.15) is 10.4 Å². The molecule has 148 valence electrons. The summed E-state index contributed by atoms with van der Waals surface area (Å²) in [5, 5.41) is 36.1. The minimum Gasteiger partial charge on any atom is -0.507 e. The molecule has 0 radical (unpaired) electrons. The Morgan fingerprint density at radius 3 is 2.79 bits per heavy atom. The van der Waals surface area contributed by atoms with Gasteiger partial charge in [0.05, 0.1) is 16.7 Å². The summed E-state index contributed by atoms with van der Waals surface area (Å²) < 4.78 is 0. The van der Waals surface area contributed by atoms with Gasteiger partial charge in [0.2, 0.25) is 0 Å². The van der Waals surface area contributed by atoms with Crippen LogP contribution in [0.25, 0.3) is 0 Å². The molecule has 1 aromatic heterocycles. The number of nitro groups is 1. The lowest BCUT2D eigenvalue weighted by molar-refractivity contribution is -0.384. The van der Waals surface area contributed by atoms with E-state index in [0.717, 1.165) is 60.5 Å². The highest BCUT2D eigenvalue weighted by Crippen LogP contribution is 2.37. The third-order valence-electron chi connectivity index (χ3n) is 4.31. The number of nitriles is 1. The molecule has 2 aromatic rings. The van der Waals surface area contributed by atoms with Gasteiger partial charge in [0.25, 0.3) is 5.69 Å². The summed E-state index contributed by atoms with van der Waals surface area (Å²) >= 11 is 1.29. The molecule has 29 heavy (non-hydrogen) atoms. The smallest absolute Gasteiger partial charge is 0.329 e. The van der Waals surface area contributed by atoms with Crippen LogP contribution >= 0.6 is 11.3 Å². The van der Waals surface area contributed by atoms with Gasteiger partial charge < -0.3 is 10.4 Å². The van der Waals surface area contributed by atoms with Crippen LogP contribution in [0, 0.1) is 21.4 Å². The van der Waals surface area contributed by atoms with Crippen molar-refractivity contribution in [1.29, 1.82) is 5.26 Å². The van der Waals surface area contributed by atoms with Crippen molar-refractivity contribution in [2.24, 2.45) is 5.10 Å². The van der Waals surface area contributed by atoms with Crippen LogP contribution in [-0.2, 0) is 22.4 Å². The molecule has 11 heteroatoms. The lowest BCUT2D eigenvalue weighted by Crippen LogP contribution is -2.32. The molecule has 0 saturated heterocycles. The van der Waals surface area contributed by atoms with Gasteiger partial charge in [-0.25, -0.2) is 5.43 Å². The van der Waals surface area contributed by atoms with Gasteiger partial charge in [-0.15, -0.1) is 11.3 Å². The van der Waals surface area contributed by atoms with Gasteiger partial charge in [0.1, 0.15) is 16.8 Å². The molecule has 3 N–H and O–H groups in total. The Morgan fingerprint density at radius 1 is 1.31 bits per heavy atom. The number of hydrogen-bond donors (Lipinski definition) is 3. The standard InChI is InChI=1S/C18H15N5O5S/c19-8-13-12-3-1-2-4-15(12)29-18(13)21-16(25)17(26)22-20-9-10-7-11(23(27)28)5-6-14(10)24/h5-7,9,24H,1-4H2,(H,21,25)(H,22,26)/b20-9+. The Labute approximate surface area is 168 Å². The number of amides is 2. The number of phenols is 1. The molecule has 3 rings (SSSR count). The first-order valence-electron chi connectivity index (χ1n) is 8.57. The summed E-state index contributed by atoms with van der Waals surface area (Å²) in [7, 11) is 0. The second-order valence-electron chi connectivity index (χ2n) is 6.18. The molecular weight excluding hydrogens is 398 g/mol. The molecular formula is C18H15N5O5S. The minimum absolute atomic E-state index is 0.00222. The van der Waals surface area contributed by atoms with Crippen molar-refractivity contribution in [3.8, 4) is 11.8 Å². The SMILES string of the molecule is N#Cc1c(NC(=O)C(=O)N/N=C/c2cc([N+](=O)[O-])ccc2O)sc2c1CCCC2. The van der Waals surface area contributed by atoms with Crippen LogP contribution in [0.5, 0.6) is 5.75 Å². The molecule has 10 nitrogen and oxygen atoms in total. The Hall–Kier alpha value is -3.78. The number of carbonyl (C=O) groups is 2. The van der Waals surface area contributed by atoms with E-state index in [0.29, 0.717) is 10.6 Å². The Morgan fingerprint density at radius 2 is 2.07 bits per heavy atom. The van der Waals surface area contributed by atoms with Crippen molar-refractivity contribution in [3.05, 3.63) is 49.9 Å². The van der Waals surface area contributed by atoms with E-state index in [1.807, 2.05) is 5.43 Å². The number of thiophene rings is 1. The largest absolute Gasteiger partial charge is 0.507 e. The highest BCUT2D eigenvalue weighted by Gasteiger charge is 2.23. The van der Waals surface area contributed by atoms with Crippen molar-refractivity contribution < 1.29 is 19.6 Å². The number of nitrogens with zero attached hydrogens (tertiary/aromatic N) is 3. The molecule has 0 saturated carbocycles. The fourth-order valence-electron chi connectivity index (χ4n) is 2.90. The zero-order valence-corrected chi connectivity index (χ0v) is 15.8. The van der Waals surface area contributed by atoms with Crippen LogP contribution in [0.4, 0.5) is 10.7 Å². The number of non-ortho nitro benzene ring substituents is 1. The van der Waals surface area contributed by atoms with E-state index in [2.05, 4.69) is 16.5 Å². The number of anilines is 1.